The second kappa shape index (κ2) is 6.42. The molecule has 2 nitrogen and oxygen atoms in total. The Kier molecular flexibility index (Phi) is 4.61. The molecule has 18 heavy (non-hydrogen) atoms. The highest BCUT2D eigenvalue weighted by Crippen LogP contribution is 2.10. The summed E-state index contributed by atoms with van der Waals surface area (Å²) in [5.41, 5.74) is 0.419. The van der Waals surface area contributed by atoms with E-state index in [2.05, 4.69) is 0 Å². The summed E-state index contributed by atoms with van der Waals surface area (Å²) in [6, 6.07) is 10.2. The highest BCUT2D eigenvalue weighted by atomic mass is 32.1. The molecule has 0 N–H and O–H groups in total. The molecule has 1 aromatic carbocycles. The third-order valence-electron chi connectivity index (χ3n) is 2.43. The summed E-state index contributed by atoms with van der Waals surface area (Å²) >= 11 is 1.58. The maximum Gasteiger partial charge on any atom is 0.162 e. The second-order valence-electron chi connectivity index (χ2n) is 3.88. The summed E-state index contributed by atoms with van der Waals surface area (Å²) < 4.78 is 18.6. The largest absolute Gasteiger partial charge is 0.368 e. The van der Waals surface area contributed by atoms with Crippen molar-refractivity contribution in [2.24, 2.45) is 0 Å². The maximum absolute atomic E-state index is 13.3. The first-order valence-corrected chi connectivity index (χ1v) is 6.49. The predicted molar refractivity (Wildman–Crippen MR) is 69.1 cm³/mol. The van der Waals surface area contributed by atoms with Gasteiger partial charge in [-0.3, -0.25) is 4.79 Å². The Bertz CT molecular complexity index is 508. The molecule has 4 heteroatoms. The van der Waals surface area contributed by atoms with Gasteiger partial charge in [0.2, 0.25) is 0 Å². The van der Waals surface area contributed by atoms with Crippen LogP contribution < -0.4 is 0 Å². The number of hydrogen-bond donors (Lipinski definition) is 0. The van der Waals surface area contributed by atoms with Gasteiger partial charge in [-0.1, -0.05) is 24.3 Å². The molecule has 0 spiro atoms. The van der Waals surface area contributed by atoms with Crippen molar-refractivity contribution in [3.8, 4) is 0 Å². The van der Waals surface area contributed by atoms with Crippen LogP contribution >= 0.6 is 11.3 Å². The Morgan fingerprint density at radius 2 is 2.06 bits per heavy atom. The standard InChI is InChI=1S/C14H13FO2S/c15-14-6-2-1-4-11(14)8-12(16)9-17-10-13-5-3-7-18-13/h1-7H,8-10H2. The molecule has 0 aliphatic heterocycles. The van der Waals surface area contributed by atoms with Crippen molar-refractivity contribution in [2.75, 3.05) is 6.61 Å². The van der Waals surface area contributed by atoms with Gasteiger partial charge in [-0.2, -0.15) is 0 Å². The Hall–Kier alpha value is -1.52. The highest BCUT2D eigenvalue weighted by molar-refractivity contribution is 7.09. The minimum absolute atomic E-state index is 0.0201. The molecule has 94 valence electrons. The van der Waals surface area contributed by atoms with Crippen molar-refractivity contribution < 1.29 is 13.9 Å². The van der Waals surface area contributed by atoms with Crippen LogP contribution in [0.1, 0.15) is 10.4 Å². The van der Waals surface area contributed by atoms with Crippen LogP contribution in [0.2, 0.25) is 0 Å². The minimum Gasteiger partial charge on any atom is -0.368 e. The summed E-state index contributed by atoms with van der Waals surface area (Å²) in [5.74, 6) is -0.458. The van der Waals surface area contributed by atoms with Gasteiger partial charge in [-0.05, 0) is 23.1 Å². The van der Waals surface area contributed by atoms with Crippen LogP contribution in [0.15, 0.2) is 41.8 Å². The lowest BCUT2D eigenvalue weighted by Crippen LogP contribution is -2.12. The third kappa shape index (κ3) is 3.75. The molecule has 0 saturated carbocycles. The quantitative estimate of drug-likeness (QED) is 0.800. The molecule has 0 bridgehead atoms. The number of Topliss-reactive ketones (excluding diaryl/α,β-unsaturated/α-hetero) is 1. The molecule has 0 atom stereocenters. The molecule has 0 amide bonds. The molecule has 0 saturated heterocycles. The van der Waals surface area contributed by atoms with Crippen molar-refractivity contribution in [3.05, 3.63) is 58.0 Å². The average Bonchev–Trinajstić information content (AvgIpc) is 2.85. The number of thiophene rings is 1. The number of hydrogen-bond acceptors (Lipinski definition) is 3. The molecule has 0 unspecified atom stereocenters. The lowest BCUT2D eigenvalue weighted by atomic mass is 10.1. The van der Waals surface area contributed by atoms with Crippen LogP contribution in [-0.2, 0) is 22.6 Å². The lowest BCUT2D eigenvalue weighted by Gasteiger charge is -2.03. The number of carbonyl (C=O) groups is 1. The van der Waals surface area contributed by atoms with Crippen molar-refractivity contribution in [3.63, 3.8) is 0 Å². The number of ether oxygens (including phenoxy) is 1. The van der Waals surface area contributed by atoms with E-state index in [0.717, 1.165) is 4.88 Å². The van der Waals surface area contributed by atoms with Gasteiger partial charge in [0.15, 0.2) is 5.78 Å². The van der Waals surface area contributed by atoms with Crippen LogP contribution in [0.4, 0.5) is 4.39 Å². The molecule has 1 aromatic heterocycles. The summed E-state index contributed by atoms with van der Waals surface area (Å²) in [6.07, 6.45) is 0.0805. The molecule has 1 heterocycles. The third-order valence-corrected chi connectivity index (χ3v) is 3.28. The van der Waals surface area contributed by atoms with Crippen molar-refractivity contribution in [1.82, 2.24) is 0 Å². The van der Waals surface area contributed by atoms with E-state index in [1.807, 2.05) is 17.5 Å². The molecule has 0 aliphatic rings. The van der Waals surface area contributed by atoms with Gasteiger partial charge in [0.1, 0.15) is 12.4 Å². The van der Waals surface area contributed by atoms with Crippen molar-refractivity contribution in [2.45, 2.75) is 13.0 Å². The number of ketones is 1. The molecular weight excluding hydrogens is 251 g/mol. The Morgan fingerprint density at radius 3 is 2.78 bits per heavy atom. The van der Waals surface area contributed by atoms with Crippen LogP contribution in [-0.4, -0.2) is 12.4 Å². The smallest absolute Gasteiger partial charge is 0.162 e. The van der Waals surface area contributed by atoms with E-state index < -0.39 is 0 Å². The van der Waals surface area contributed by atoms with Crippen LogP contribution in [0.3, 0.4) is 0 Å². The van der Waals surface area contributed by atoms with Gasteiger partial charge in [-0.25, -0.2) is 4.39 Å². The fourth-order valence-corrected chi connectivity index (χ4v) is 2.21. The van der Waals surface area contributed by atoms with E-state index in [9.17, 15) is 9.18 Å². The summed E-state index contributed by atoms with van der Waals surface area (Å²) in [4.78, 5) is 12.7. The highest BCUT2D eigenvalue weighted by Gasteiger charge is 2.08. The second-order valence-corrected chi connectivity index (χ2v) is 4.91. The van der Waals surface area contributed by atoms with Crippen LogP contribution in [0.25, 0.3) is 0 Å². The normalized spacial score (nSPS) is 10.5. The SMILES string of the molecule is O=C(COCc1cccs1)Cc1ccccc1F. The average molecular weight is 264 g/mol. The Morgan fingerprint density at radius 1 is 1.22 bits per heavy atom. The first kappa shape index (κ1) is 12.9. The van der Waals surface area contributed by atoms with Crippen LogP contribution in [0, 0.1) is 5.82 Å². The molecule has 2 rings (SSSR count). The molecular formula is C14H13FO2S. The predicted octanol–water partition coefficient (Wildman–Crippen LogP) is 3.22. The monoisotopic (exact) mass is 264 g/mol. The zero-order valence-electron chi connectivity index (χ0n) is 9.77. The number of benzene rings is 1. The van der Waals surface area contributed by atoms with Gasteiger partial charge >= 0.3 is 0 Å². The van der Waals surface area contributed by atoms with Gasteiger partial charge < -0.3 is 4.74 Å². The van der Waals surface area contributed by atoms with Gasteiger partial charge in [0, 0.05) is 11.3 Å². The van der Waals surface area contributed by atoms with E-state index in [-0.39, 0.29) is 24.6 Å². The van der Waals surface area contributed by atoms with Gasteiger partial charge in [-0.15, -0.1) is 11.3 Å². The van der Waals surface area contributed by atoms with Crippen molar-refractivity contribution in [1.29, 1.82) is 0 Å². The van der Waals surface area contributed by atoms with Crippen LogP contribution in [0.5, 0.6) is 0 Å². The zero-order valence-corrected chi connectivity index (χ0v) is 10.6. The fraction of sp³-hybridized carbons (Fsp3) is 0.214. The number of halogens is 1. The Balaban J connectivity index is 1.77. The van der Waals surface area contributed by atoms with E-state index in [4.69, 9.17) is 4.74 Å². The van der Waals surface area contributed by atoms with Gasteiger partial charge in [0.05, 0.1) is 6.61 Å². The number of carbonyl (C=O) groups excluding carboxylic acids is 1. The van der Waals surface area contributed by atoms with E-state index in [1.54, 1.807) is 29.5 Å². The van der Waals surface area contributed by atoms with E-state index in [0.29, 0.717) is 12.2 Å². The van der Waals surface area contributed by atoms with Gasteiger partial charge in [0.25, 0.3) is 0 Å². The van der Waals surface area contributed by atoms with E-state index >= 15 is 0 Å². The topological polar surface area (TPSA) is 26.3 Å². The van der Waals surface area contributed by atoms with Crippen molar-refractivity contribution >= 4 is 17.1 Å². The minimum atomic E-state index is -0.343. The first-order chi connectivity index (χ1) is 8.75. The maximum atomic E-state index is 13.3. The molecule has 0 aliphatic carbocycles. The fourth-order valence-electron chi connectivity index (χ4n) is 1.57. The molecule has 0 fully saturated rings. The molecule has 2 aromatic rings. The summed E-state index contributed by atoms with van der Waals surface area (Å²) in [6.45, 7) is 0.451. The molecule has 0 radical (unpaired) electrons. The summed E-state index contributed by atoms with van der Waals surface area (Å²) in [7, 11) is 0. The van der Waals surface area contributed by atoms with E-state index in [1.165, 1.54) is 6.07 Å². The Labute approximate surface area is 109 Å². The first-order valence-electron chi connectivity index (χ1n) is 5.61. The number of rotatable bonds is 6. The summed E-state index contributed by atoms with van der Waals surface area (Å²) in [5, 5.41) is 1.96. The zero-order chi connectivity index (χ0) is 12.8. The lowest BCUT2D eigenvalue weighted by molar-refractivity contribution is -0.123.